The molecule has 0 aliphatic rings. The van der Waals surface area contributed by atoms with Crippen LogP contribution in [0.25, 0.3) is 5.69 Å². The second-order valence-electron chi connectivity index (χ2n) is 6.47. The largest absolute Gasteiger partial charge is 0.497 e. The van der Waals surface area contributed by atoms with Crippen molar-refractivity contribution in [1.82, 2.24) is 15.1 Å². The van der Waals surface area contributed by atoms with Crippen LogP contribution >= 0.6 is 11.6 Å². The number of hydrogen-bond acceptors (Lipinski definition) is 4. The molecule has 0 fully saturated rings. The van der Waals surface area contributed by atoms with Crippen molar-refractivity contribution in [1.29, 1.82) is 0 Å². The Kier molecular flexibility index (Phi) is 7.06. The Bertz CT molecular complexity index is 1050. The molecule has 0 spiro atoms. The molecule has 164 valence electrons. The molecule has 1 heterocycles. The van der Waals surface area contributed by atoms with Crippen molar-refractivity contribution in [3.05, 3.63) is 70.9 Å². The lowest BCUT2D eigenvalue weighted by atomic mass is 10.1. The van der Waals surface area contributed by atoms with Gasteiger partial charge < -0.3 is 14.8 Å². The van der Waals surface area contributed by atoms with E-state index in [0.717, 1.165) is 16.3 Å². The van der Waals surface area contributed by atoms with E-state index in [4.69, 9.17) is 21.1 Å². The van der Waals surface area contributed by atoms with Crippen LogP contribution in [0, 0.1) is 0 Å². The highest BCUT2D eigenvalue weighted by atomic mass is 35.5. The molecule has 0 bridgehead atoms. The lowest BCUT2D eigenvalue weighted by molar-refractivity contribution is -0.141. The molecule has 6 nitrogen and oxygen atoms in total. The van der Waals surface area contributed by atoms with Gasteiger partial charge in [0.2, 0.25) is 5.88 Å². The van der Waals surface area contributed by atoms with Crippen LogP contribution in [0.5, 0.6) is 11.6 Å². The Balaban J connectivity index is 1.64. The predicted octanol–water partition coefficient (Wildman–Crippen LogP) is 4.29. The molecule has 0 radical (unpaired) electrons. The van der Waals surface area contributed by atoms with E-state index in [2.05, 4.69) is 10.4 Å². The summed E-state index contributed by atoms with van der Waals surface area (Å²) < 4.78 is 50.8. The molecule has 3 rings (SSSR count). The zero-order valence-electron chi connectivity index (χ0n) is 16.4. The normalized spacial score (nSPS) is 11.3. The van der Waals surface area contributed by atoms with Gasteiger partial charge in [-0.15, -0.1) is 0 Å². The van der Waals surface area contributed by atoms with Crippen LogP contribution in [-0.2, 0) is 17.4 Å². The summed E-state index contributed by atoms with van der Waals surface area (Å²) in [5.41, 5.74) is 0.0149. The lowest BCUT2D eigenvalue weighted by Gasteiger charge is -2.11. The maximum Gasteiger partial charge on any atom is 0.435 e. The van der Waals surface area contributed by atoms with Gasteiger partial charge in [-0.25, -0.2) is 0 Å². The SMILES string of the molecule is COc1cccc(CCNC(=O)COc2cc(C(F)(F)F)nn2-c2ccccc2Cl)c1. The Morgan fingerprint density at radius 2 is 1.94 bits per heavy atom. The van der Waals surface area contributed by atoms with E-state index in [9.17, 15) is 18.0 Å². The number of carbonyl (C=O) groups excluding carboxylic acids is 1. The van der Waals surface area contributed by atoms with Gasteiger partial charge in [0, 0.05) is 12.6 Å². The summed E-state index contributed by atoms with van der Waals surface area (Å²) in [6.45, 7) is -0.154. The maximum absolute atomic E-state index is 13.1. The van der Waals surface area contributed by atoms with Gasteiger partial charge in [-0.1, -0.05) is 35.9 Å². The van der Waals surface area contributed by atoms with Gasteiger partial charge >= 0.3 is 6.18 Å². The molecule has 1 amide bonds. The lowest BCUT2D eigenvalue weighted by Crippen LogP contribution is -2.30. The number of ether oxygens (including phenoxy) is 2. The van der Waals surface area contributed by atoms with Crippen LogP contribution in [-0.4, -0.2) is 35.9 Å². The number of amides is 1. The summed E-state index contributed by atoms with van der Waals surface area (Å²) in [5.74, 6) is -0.0211. The van der Waals surface area contributed by atoms with Crippen molar-refractivity contribution in [3.63, 3.8) is 0 Å². The highest BCUT2D eigenvalue weighted by molar-refractivity contribution is 6.32. The summed E-state index contributed by atoms with van der Waals surface area (Å²) in [7, 11) is 1.57. The average molecular weight is 454 g/mol. The highest BCUT2D eigenvalue weighted by Crippen LogP contribution is 2.33. The van der Waals surface area contributed by atoms with Crippen molar-refractivity contribution >= 4 is 17.5 Å². The molecule has 0 aliphatic heterocycles. The number of benzene rings is 2. The highest BCUT2D eigenvalue weighted by Gasteiger charge is 2.36. The second-order valence-corrected chi connectivity index (χ2v) is 6.88. The van der Waals surface area contributed by atoms with Crippen molar-refractivity contribution < 1.29 is 27.4 Å². The van der Waals surface area contributed by atoms with Crippen molar-refractivity contribution in [2.24, 2.45) is 0 Å². The van der Waals surface area contributed by atoms with E-state index < -0.39 is 24.4 Å². The van der Waals surface area contributed by atoms with Crippen LogP contribution in [0.1, 0.15) is 11.3 Å². The first-order valence-corrected chi connectivity index (χ1v) is 9.60. The van der Waals surface area contributed by atoms with E-state index in [1.54, 1.807) is 19.2 Å². The quantitative estimate of drug-likeness (QED) is 0.552. The third-order valence-corrected chi connectivity index (χ3v) is 4.59. The van der Waals surface area contributed by atoms with E-state index in [1.165, 1.54) is 12.1 Å². The number of nitrogens with zero attached hydrogens (tertiary/aromatic N) is 2. The van der Waals surface area contributed by atoms with E-state index in [1.807, 2.05) is 24.3 Å². The Morgan fingerprint density at radius 1 is 1.16 bits per heavy atom. The Labute approximate surface area is 181 Å². The molecule has 1 N–H and O–H groups in total. The number of halogens is 4. The first-order chi connectivity index (χ1) is 14.8. The minimum Gasteiger partial charge on any atom is -0.497 e. The van der Waals surface area contributed by atoms with Gasteiger partial charge in [-0.05, 0) is 36.2 Å². The summed E-state index contributed by atoms with van der Waals surface area (Å²) in [5, 5.41) is 6.40. The molecule has 10 heteroatoms. The van der Waals surface area contributed by atoms with E-state index in [-0.39, 0.29) is 16.6 Å². The first-order valence-electron chi connectivity index (χ1n) is 9.22. The molecule has 0 aliphatic carbocycles. The minimum atomic E-state index is -4.68. The van der Waals surface area contributed by atoms with Gasteiger partial charge in [0.05, 0.1) is 17.8 Å². The average Bonchev–Trinajstić information content (AvgIpc) is 3.17. The monoisotopic (exact) mass is 453 g/mol. The third kappa shape index (κ3) is 5.91. The van der Waals surface area contributed by atoms with Gasteiger partial charge in [-0.3, -0.25) is 4.79 Å². The van der Waals surface area contributed by atoms with Gasteiger partial charge in [-0.2, -0.15) is 23.0 Å². The molecule has 0 atom stereocenters. The number of nitrogens with one attached hydrogen (secondary N) is 1. The number of para-hydroxylation sites is 1. The number of hydrogen-bond donors (Lipinski definition) is 1. The summed E-state index contributed by atoms with van der Waals surface area (Å²) in [6, 6.07) is 14.4. The van der Waals surface area contributed by atoms with E-state index in [0.29, 0.717) is 18.7 Å². The molecular formula is C21H19ClF3N3O3. The van der Waals surface area contributed by atoms with Crippen molar-refractivity contribution in [2.75, 3.05) is 20.3 Å². The topological polar surface area (TPSA) is 65.4 Å². The fraction of sp³-hybridized carbons (Fsp3) is 0.238. The zero-order chi connectivity index (χ0) is 22.4. The van der Waals surface area contributed by atoms with Crippen LogP contribution in [0.2, 0.25) is 5.02 Å². The number of carbonyl (C=O) groups is 1. The summed E-state index contributed by atoms with van der Waals surface area (Å²) >= 11 is 6.08. The number of alkyl halides is 3. The number of rotatable bonds is 8. The Morgan fingerprint density at radius 3 is 2.65 bits per heavy atom. The summed E-state index contributed by atoms with van der Waals surface area (Å²) in [4.78, 5) is 12.1. The summed E-state index contributed by atoms with van der Waals surface area (Å²) in [6.07, 6.45) is -4.12. The molecule has 0 unspecified atom stereocenters. The first kappa shape index (κ1) is 22.5. The van der Waals surface area contributed by atoms with E-state index >= 15 is 0 Å². The van der Waals surface area contributed by atoms with Gasteiger partial charge in [0.1, 0.15) is 5.75 Å². The second kappa shape index (κ2) is 9.74. The molecule has 0 saturated carbocycles. The Hall–Kier alpha value is -3.20. The number of aromatic nitrogens is 2. The third-order valence-electron chi connectivity index (χ3n) is 4.27. The smallest absolute Gasteiger partial charge is 0.435 e. The zero-order valence-corrected chi connectivity index (χ0v) is 17.2. The molecule has 1 aromatic heterocycles. The molecular weight excluding hydrogens is 435 g/mol. The van der Waals surface area contributed by atoms with Crippen LogP contribution < -0.4 is 14.8 Å². The molecule has 31 heavy (non-hydrogen) atoms. The van der Waals surface area contributed by atoms with Crippen LogP contribution in [0.15, 0.2) is 54.6 Å². The van der Waals surface area contributed by atoms with Crippen LogP contribution in [0.3, 0.4) is 0 Å². The number of methoxy groups -OCH3 is 1. The molecule has 2 aromatic carbocycles. The molecule has 3 aromatic rings. The predicted molar refractivity (Wildman–Crippen MR) is 109 cm³/mol. The van der Waals surface area contributed by atoms with Gasteiger partial charge in [0.15, 0.2) is 12.3 Å². The van der Waals surface area contributed by atoms with Crippen LogP contribution in [0.4, 0.5) is 13.2 Å². The maximum atomic E-state index is 13.1. The standard InChI is InChI=1S/C21H19ClF3N3O3/c1-30-15-6-4-5-14(11-15)9-10-26-19(29)13-31-20-12-18(21(23,24)25)27-28(20)17-8-3-2-7-16(17)22/h2-8,11-12H,9-10,13H2,1H3,(H,26,29). The van der Waals surface area contributed by atoms with Crippen molar-refractivity contribution in [2.45, 2.75) is 12.6 Å². The fourth-order valence-electron chi connectivity index (χ4n) is 2.77. The van der Waals surface area contributed by atoms with Gasteiger partial charge in [0.25, 0.3) is 5.91 Å². The molecule has 0 saturated heterocycles. The van der Waals surface area contributed by atoms with Crippen molar-refractivity contribution in [3.8, 4) is 17.3 Å². The fourth-order valence-corrected chi connectivity index (χ4v) is 2.98. The minimum absolute atomic E-state index is 0.187.